The van der Waals surface area contributed by atoms with Crippen molar-refractivity contribution < 1.29 is 38.7 Å². The van der Waals surface area contributed by atoms with Gasteiger partial charge in [-0.15, -0.1) is 0 Å². The van der Waals surface area contributed by atoms with Crippen molar-refractivity contribution in [3.05, 3.63) is 0 Å². The summed E-state index contributed by atoms with van der Waals surface area (Å²) >= 11 is 0. The van der Waals surface area contributed by atoms with Crippen LogP contribution in [0.5, 0.6) is 0 Å². The van der Waals surface area contributed by atoms with Gasteiger partial charge < -0.3 is 0 Å². The van der Waals surface area contributed by atoms with Gasteiger partial charge in [-0.3, -0.25) is 4.18 Å². The molecule has 0 saturated heterocycles. The Bertz CT molecular complexity index is 281. The van der Waals surface area contributed by atoms with Gasteiger partial charge in [-0.1, -0.05) is 0 Å². The zero-order valence-corrected chi connectivity index (χ0v) is 7.45. The van der Waals surface area contributed by atoms with Crippen LogP contribution in [0.4, 0.5) is 22.0 Å². The molecule has 4 nitrogen and oxygen atoms in total. The van der Waals surface area contributed by atoms with Gasteiger partial charge in [0, 0.05) is 0 Å². The second-order valence-electron chi connectivity index (χ2n) is 2.04. The number of rotatable bonds is 4. The normalized spacial score (nSPS) is 14.4. The molecule has 0 aromatic carbocycles. The van der Waals surface area contributed by atoms with Gasteiger partial charge in [0.05, 0.1) is 7.11 Å². The quantitative estimate of drug-likeness (QED) is 0.694. The van der Waals surface area contributed by atoms with Crippen molar-refractivity contribution in [2.24, 2.45) is 0 Å². The average Bonchev–Trinajstić information content (AvgIpc) is 1.99. The van der Waals surface area contributed by atoms with E-state index in [0.717, 1.165) is 0 Å². The minimum absolute atomic E-state index is 0.557. The summed E-state index contributed by atoms with van der Waals surface area (Å²) in [7, 11) is -4.24. The summed E-state index contributed by atoms with van der Waals surface area (Å²) in [6, 6.07) is 0. The third kappa shape index (κ3) is 3.72. The van der Waals surface area contributed by atoms with E-state index >= 15 is 0 Å². The lowest BCUT2D eigenvalue weighted by Gasteiger charge is -2.18. The van der Waals surface area contributed by atoms with Gasteiger partial charge in [0.2, 0.25) is 0 Å². The molecule has 0 unspecified atom stereocenters. The van der Waals surface area contributed by atoms with E-state index < -0.39 is 29.1 Å². The largest absolute Gasteiger partial charge is 0.455 e. The lowest BCUT2D eigenvalue weighted by atomic mass is 10.3. The summed E-state index contributed by atoms with van der Waals surface area (Å²) in [4.78, 5) is 0. The Morgan fingerprint density at radius 1 is 1.14 bits per heavy atom. The van der Waals surface area contributed by atoms with Gasteiger partial charge in [-0.25, -0.2) is 4.18 Å². The summed E-state index contributed by atoms with van der Waals surface area (Å²) in [5.41, 5.74) is 0. The molecule has 0 heterocycles. The van der Waals surface area contributed by atoms with Crippen LogP contribution >= 0.6 is 0 Å². The van der Waals surface area contributed by atoms with Gasteiger partial charge in [0.25, 0.3) is 0 Å². The van der Waals surface area contributed by atoms with Gasteiger partial charge in [-0.05, 0) is 0 Å². The van der Waals surface area contributed by atoms with E-state index in [2.05, 4.69) is 8.37 Å². The first-order valence-electron chi connectivity index (χ1n) is 2.91. The lowest BCUT2D eigenvalue weighted by Crippen LogP contribution is -2.41. The van der Waals surface area contributed by atoms with Crippen LogP contribution in [0.15, 0.2) is 0 Å². The second kappa shape index (κ2) is 3.95. The molecule has 0 bridgehead atoms. The second-order valence-corrected chi connectivity index (χ2v) is 3.42. The SMILES string of the molecule is COS(=O)(=O)OCC(F)(F)C(F)(F)F. The molecule has 0 N–H and O–H groups in total. The minimum Gasteiger partial charge on any atom is -0.252 e. The average molecular weight is 244 g/mol. The molecule has 0 aliphatic heterocycles. The Balaban J connectivity index is 4.42. The molecule has 14 heavy (non-hydrogen) atoms. The first-order chi connectivity index (χ1) is 6.02. The van der Waals surface area contributed by atoms with Crippen LogP contribution in [0, 0.1) is 0 Å². The summed E-state index contributed by atoms with van der Waals surface area (Å²) < 4.78 is 85.6. The molecule has 0 saturated carbocycles. The van der Waals surface area contributed by atoms with Crippen molar-refractivity contribution in [3.8, 4) is 0 Å². The molecular formula is C4H5F5O4S. The molecule has 86 valence electrons. The van der Waals surface area contributed by atoms with Crippen LogP contribution in [0.2, 0.25) is 0 Å². The maximum atomic E-state index is 12.0. The maximum Gasteiger partial charge on any atom is 0.455 e. The van der Waals surface area contributed by atoms with Gasteiger partial charge in [-0.2, -0.15) is 30.4 Å². The predicted molar refractivity (Wildman–Crippen MR) is 32.9 cm³/mol. The number of hydrogen-bond donors (Lipinski definition) is 0. The van der Waals surface area contributed by atoms with Crippen molar-refractivity contribution in [3.63, 3.8) is 0 Å². The monoisotopic (exact) mass is 244 g/mol. The Kier molecular flexibility index (Phi) is 3.81. The molecule has 0 rings (SSSR count). The molecule has 10 heteroatoms. The summed E-state index contributed by atoms with van der Waals surface area (Å²) in [5.74, 6) is -5.24. The van der Waals surface area contributed by atoms with Crippen LogP contribution in [0.3, 0.4) is 0 Å². The topological polar surface area (TPSA) is 52.6 Å². The van der Waals surface area contributed by atoms with Gasteiger partial charge >= 0.3 is 22.5 Å². The van der Waals surface area contributed by atoms with E-state index in [1.165, 1.54) is 0 Å². The van der Waals surface area contributed by atoms with Crippen LogP contribution in [0.25, 0.3) is 0 Å². The van der Waals surface area contributed by atoms with E-state index in [1.54, 1.807) is 0 Å². The summed E-state index contributed by atoms with van der Waals surface area (Å²) in [5, 5.41) is 0. The number of hydrogen-bond acceptors (Lipinski definition) is 4. The Morgan fingerprint density at radius 2 is 1.57 bits per heavy atom. The van der Waals surface area contributed by atoms with E-state index in [1.807, 2.05) is 0 Å². The maximum absolute atomic E-state index is 12.0. The standard InChI is InChI=1S/C4H5F5O4S/c1-12-14(10,11)13-2-3(5,6)4(7,8)9/h2H2,1H3. The highest BCUT2D eigenvalue weighted by atomic mass is 32.3. The van der Waals surface area contributed by atoms with E-state index in [9.17, 15) is 30.4 Å². The molecule has 0 aliphatic rings. The van der Waals surface area contributed by atoms with Gasteiger partial charge in [0.15, 0.2) is 0 Å². The zero-order valence-electron chi connectivity index (χ0n) is 6.64. The van der Waals surface area contributed by atoms with Crippen LogP contribution < -0.4 is 0 Å². The van der Waals surface area contributed by atoms with Crippen molar-refractivity contribution in [2.45, 2.75) is 12.1 Å². The van der Waals surface area contributed by atoms with Crippen LogP contribution in [-0.4, -0.2) is 34.2 Å². The first-order valence-corrected chi connectivity index (χ1v) is 4.25. The molecular weight excluding hydrogens is 239 g/mol. The minimum atomic E-state index is -5.86. The van der Waals surface area contributed by atoms with E-state index in [-0.39, 0.29) is 0 Å². The summed E-state index contributed by atoms with van der Waals surface area (Å²) in [6.07, 6.45) is -5.86. The Labute approximate surface area is 75.9 Å². The number of halogens is 5. The fraction of sp³-hybridized carbons (Fsp3) is 1.00. The third-order valence-electron chi connectivity index (χ3n) is 1.00. The van der Waals surface area contributed by atoms with E-state index in [4.69, 9.17) is 0 Å². The number of alkyl halides is 5. The van der Waals surface area contributed by atoms with Crippen LogP contribution in [-0.2, 0) is 18.8 Å². The fourth-order valence-electron chi connectivity index (χ4n) is 0.276. The molecule has 0 atom stereocenters. The van der Waals surface area contributed by atoms with Crippen molar-refractivity contribution in [2.75, 3.05) is 13.7 Å². The highest BCUT2D eigenvalue weighted by Crippen LogP contribution is 2.35. The highest BCUT2D eigenvalue weighted by Gasteiger charge is 2.58. The third-order valence-corrected chi connectivity index (χ3v) is 1.82. The molecule has 0 aromatic rings. The van der Waals surface area contributed by atoms with Gasteiger partial charge in [0.1, 0.15) is 6.61 Å². The van der Waals surface area contributed by atoms with E-state index in [0.29, 0.717) is 7.11 Å². The smallest absolute Gasteiger partial charge is 0.252 e. The fourth-order valence-corrected chi connectivity index (χ4v) is 0.665. The van der Waals surface area contributed by atoms with Crippen molar-refractivity contribution in [1.82, 2.24) is 0 Å². The lowest BCUT2D eigenvalue weighted by molar-refractivity contribution is -0.290. The zero-order chi connectivity index (χ0) is 11.6. The molecule has 0 fully saturated rings. The molecule has 0 aliphatic carbocycles. The van der Waals surface area contributed by atoms with Crippen molar-refractivity contribution in [1.29, 1.82) is 0 Å². The van der Waals surface area contributed by atoms with Crippen LogP contribution in [0.1, 0.15) is 0 Å². The van der Waals surface area contributed by atoms with Crippen molar-refractivity contribution >= 4 is 10.4 Å². The molecule has 0 amide bonds. The molecule has 0 aromatic heterocycles. The first kappa shape index (κ1) is 13.5. The highest BCUT2D eigenvalue weighted by molar-refractivity contribution is 7.81. The molecule has 0 spiro atoms. The molecule has 0 radical (unpaired) electrons. The predicted octanol–water partition coefficient (Wildman–Crippen LogP) is 1.09. The Hall–Kier alpha value is -0.480. The summed E-state index contributed by atoms with van der Waals surface area (Å²) in [6.45, 7) is -2.34. The Morgan fingerprint density at radius 3 is 1.86 bits per heavy atom.